The predicted molar refractivity (Wildman–Crippen MR) is 142 cm³/mol. The van der Waals surface area contributed by atoms with Gasteiger partial charge < -0.3 is 20.1 Å². The molecular weight excluding hydrogens is 476 g/mol. The monoisotopic (exact) mass is 513 g/mol. The van der Waals surface area contributed by atoms with E-state index in [0.29, 0.717) is 49.4 Å². The van der Waals surface area contributed by atoms with Crippen molar-refractivity contribution in [1.29, 1.82) is 0 Å². The number of carboxylic acid groups (broad SMARTS) is 1. The van der Waals surface area contributed by atoms with Crippen molar-refractivity contribution in [1.82, 2.24) is 15.2 Å². The van der Waals surface area contributed by atoms with Crippen molar-refractivity contribution in [2.45, 2.75) is 52.1 Å². The molecule has 0 spiro atoms. The van der Waals surface area contributed by atoms with Gasteiger partial charge in [0.15, 0.2) is 0 Å². The topological polar surface area (TPSA) is 77.6 Å². The normalized spacial score (nSPS) is 18.1. The van der Waals surface area contributed by atoms with Crippen molar-refractivity contribution in [2.75, 3.05) is 32.9 Å². The number of fused-ring (bicyclic) bond motifs is 3. The van der Waals surface area contributed by atoms with Crippen LogP contribution in [0, 0.1) is 18.7 Å². The van der Waals surface area contributed by atoms with Crippen LogP contribution in [0.3, 0.4) is 0 Å². The Balaban J connectivity index is 1.79. The lowest BCUT2D eigenvalue weighted by molar-refractivity contribution is -0.142. The molecule has 1 aliphatic heterocycles. The standard InChI is InChI=1S/C29H37F2N3O3/c1-18(28(35)36)17-34-27(26-21(16-29(34,3)4)20-8-5-6-9-23(20)33-26)25-19(2)24(11-10-22(25)31)37-15-14-32-13-7-12-30/h5-6,8-11,18,27,32-33H,7,12-17H2,1-4H3,(H,35,36)/t18-,27+/m0/s1. The number of carbonyl (C=O) groups is 1. The van der Waals surface area contributed by atoms with Gasteiger partial charge in [0.05, 0.1) is 18.6 Å². The summed E-state index contributed by atoms with van der Waals surface area (Å²) in [4.78, 5) is 17.5. The number of halogens is 2. The molecule has 0 aliphatic carbocycles. The van der Waals surface area contributed by atoms with Gasteiger partial charge >= 0.3 is 5.97 Å². The second kappa shape index (κ2) is 11.2. The average Bonchev–Trinajstić information content (AvgIpc) is 3.21. The number of aromatic nitrogens is 1. The molecule has 0 saturated heterocycles. The Hall–Kier alpha value is -2.97. The molecule has 6 nitrogen and oxygen atoms in total. The van der Waals surface area contributed by atoms with Gasteiger partial charge in [0.25, 0.3) is 0 Å². The molecule has 3 N–H and O–H groups in total. The van der Waals surface area contributed by atoms with Gasteiger partial charge in [-0.25, -0.2) is 4.39 Å². The van der Waals surface area contributed by atoms with Gasteiger partial charge in [0.1, 0.15) is 18.2 Å². The first-order chi connectivity index (χ1) is 17.7. The fourth-order valence-corrected chi connectivity index (χ4v) is 5.43. The summed E-state index contributed by atoms with van der Waals surface area (Å²) in [5, 5.41) is 14.0. The van der Waals surface area contributed by atoms with Crippen molar-refractivity contribution in [3.63, 3.8) is 0 Å². The van der Waals surface area contributed by atoms with Crippen LogP contribution < -0.4 is 10.1 Å². The summed E-state index contributed by atoms with van der Waals surface area (Å²) in [6.45, 7) is 9.13. The van der Waals surface area contributed by atoms with E-state index in [9.17, 15) is 14.3 Å². The van der Waals surface area contributed by atoms with Gasteiger partial charge in [-0.3, -0.25) is 14.1 Å². The molecule has 37 heavy (non-hydrogen) atoms. The molecule has 1 aromatic heterocycles. The van der Waals surface area contributed by atoms with Crippen molar-refractivity contribution in [3.8, 4) is 5.75 Å². The molecule has 3 aromatic rings. The van der Waals surface area contributed by atoms with Crippen LogP contribution in [0.25, 0.3) is 10.9 Å². The Morgan fingerprint density at radius 1 is 1.27 bits per heavy atom. The van der Waals surface area contributed by atoms with Crippen molar-refractivity contribution in [3.05, 3.63) is 64.6 Å². The van der Waals surface area contributed by atoms with Crippen molar-refractivity contribution in [2.24, 2.45) is 5.92 Å². The third kappa shape index (κ3) is 5.50. The lowest BCUT2D eigenvalue weighted by Gasteiger charge is -2.49. The summed E-state index contributed by atoms with van der Waals surface area (Å²) >= 11 is 0. The summed E-state index contributed by atoms with van der Waals surface area (Å²) in [5.74, 6) is -1.29. The number of hydrogen-bond acceptors (Lipinski definition) is 4. The molecule has 0 saturated carbocycles. The lowest BCUT2D eigenvalue weighted by atomic mass is 9.79. The van der Waals surface area contributed by atoms with E-state index in [0.717, 1.165) is 22.2 Å². The van der Waals surface area contributed by atoms with Crippen LogP contribution in [-0.4, -0.2) is 59.4 Å². The van der Waals surface area contributed by atoms with Gasteiger partial charge in [-0.15, -0.1) is 0 Å². The van der Waals surface area contributed by atoms with Crippen LogP contribution in [0.2, 0.25) is 0 Å². The summed E-state index contributed by atoms with van der Waals surface area (Å²) < 4.78 is 34.1. The Kier molecular flexibility index (Phi) is 8.19. The number of alkyl halides is 1. The SMILES string of the molecule is Cc1c(OCCNCCCF)ccc(F)c1[C@@H]1c2[nH]c3ccccc3c2CC(C)(C)N1C[C@H](C)C(=O)O. The highest BCUT2D eigenvalue weighted by Gasteiger charge is 2.44. The summed E-state index contributed by atoms with van der Waals surface area (Å²) in [6, 6.07) is 10.6. The lowest BCUT2D eigenvalue weighted by Crippen LogP contribution is -2.53. The molecule has 0 amide bonds. The van der Waals surface area contributed by atoms with E-state index in [1.54, 1.807) is 13.0 Å². The minimum absolute atomic E-state index is 0.268. The molecule has 0 fully saturated rings. The molecule has 2 atom stereocenters. The van der Waals surface area contributed by atoms with Gasteiger partial charge in [-0.05, 0) is 69.5 Å². The van der Waals surface area contributed by atoms with Gasteiger partial charge in [0, 0.05) is 40.8 Å². The number of rotatable bonds is 11. The molecule has 0 radical (unpaired) electrons. The third-order valence-electron chi connectivity index (χ3n) is 7.42. The highest BCUT2D eigenvalue weighted by atomic mass is 19.1. The van der Waals surface area contributed by atoms with E-state index in [4.69, 9.17) is 4.74 Å². The van der Waals surface area contributed by atoms with Crippen LogP contribution in [-0.2, 0) is 11.2 Å². The van der Waals surface area contributed by atoms with Crippen LogP contribution in [0.4, 0.5) is 8.78 Å². The second-order valence-electron chi connectivity index (χ2n) is 10.6. The zero-order valence-electron chi connectivity index (χ0n) is 22.0. The number of nitrogens with one attached hydrogen (secondary N) is 2. The number of carboxylic acids is 1. The first-order valence-corrected chi connectivity index (χ1v) is 12.9. The quantitative estimate of drug-likeness (QED) is 0.300. The fraction of sp³-hybridized carbons (Fsp3) is 0.483. The van der Waals surface area contributed by atoms with Crippen LogP contribution >= 0.6 is 0 Å². The smallest absolute Gasteiger partial charge is 0.307 e. The van der Waals surface area contributed by atoms with E-state index < -0.39 is 23.5 Å². The predicted octanol–water partition coefficient (Wildman–Crippen LogP) is 5.39. The van der Waals surface area contributed by atoms with Gasteiger partial charge in [0.2, 0.25) is 0 Å². The number of aliphatic carboxylic acids is 1. The molecule has 8 heteroatoms. The van der Waals surface area contributed by atoms with Crippen molar-refractivity contribution >= 4 is 16.9 Å². The minimum Gasteiger partial charge on any atom is -0.492 e. The molecule has 0 bridgehead atoms. The molecule has 4 rings (SSSR count). The summed E-state index contributed by atoms with van der Waals surface area (Å²) in [6.07, 6.45) is 1.16. The number of nitrogens with zero attached hydrogens (tertiary/aromatic N) is 1. The molecular formula is C29H37F2N3O3. The Morgan fingerprint density at radius 2 is 2.03 bits per heavy atom. The molecule has 200 valence electrons. The Bertz CT molecular complexity index is 1260. The highest BCUT2D eigenvalue weighted by Crippen LogP contribution is 2.47. The largest absolute Gasteiger partial charge is 0.492 e. The zero-order chi connectivity index (χ0) is 26.7. The molecule has 2 aromatic carbocycles. The van der Waals surface area contributed by atoms with Gasteiger partial charge in [-0.2, -0.15) is 0 Å². The van der Waals surface area contributed by atoms with Gasteiger partial charge in [-0.1, -0.05) is 25.1 Å². The van der Waals surface area contributed by atoms with E-state index in [1.807, 2.05) is 25.1 Å². The average molecular weight is 514 g/mol. The number of aromatic amines is 1. The maximum atomic E-state index is 15.8. The summed E-state index contributed by atoms with van der Waals surface area (Å²) in [7, 11) is 0. The number of para-hydroxylation sites is 1. The molecule has 1 aliphatic rings. The Morgan fingerprint density at radius 3 is 2.76 bits per heavy atom. The van der Waals surface area contributed by atoms with E-state index in [1.165, 1.54) is 6.07 Å². The number of ether oxygens (including phenoxy) is 1. The van der Waals surface area contributed by atoms with Crippen molar-refractivity contribution < 1.29 is 23.4 Å². The number of hydrogen-bond donors (Lipinski definition) is 3. The Labute approximate surface area is 217 Å². The third-order valence-corrected chi connectivity index (χ3v) is 7.42. The molecule has 0 unspecified atom stereocenters. The highest BCUT2D eigenvalue weighted by molar-refractivity contribution is 5.85. The minimum atomic E-state index is -0.883. The van der Waals surface area contributed by atoms with E-state index in [2.05, 4.69) is 35.1 Å². The number of H-pyrrole nitrogens is 1. The van der Waals surface area contributed by atoms with Crippen LogP contribution in [0.1, 0.15) is 55.6 Å². The second-order valence-corrected chi connectivity index (χ2v) is 10.6. The van der Waals surface area contributed by atoms with Crippen LogP contribution in [0.15, 0.2) is 36.4 Å². The molecule has 2 heterocycles. The van der Waals surface area contributed by atoms with E-state index in [-0.39, 0.29) is 19.0 Å². The maximum Gasteiger partial charge on any atom is 0.307 e. The first-order valence-electron chi connectivity index (χ1n) is 12.9. The summed E-state index contributed by atoms with van der Waals surface area (Å²) in [5.41, 5.74) is 3.75. The fourth-order valence-electron chi connectivity index (χ4n) is 5.43. The first kappa shape index (κ1) is 27.1. The van der Waals surface area contributed by atoms with E-state index >= 15 is 4.39 Å². The van der Waals surface area contributed by atoms with Crippen LogP contribution in [0.5, 0.6) is 5.75 Å². The maximum absolute atomic E-state index is 15.8. The number of benzene rings is 2. The zero-order valence-corrected chi connectivity index (χ0v) is 22.0.